The molecule has 0 aliphatic carbocycles. The summed E-state index contributed by atoms with van der Waals surface area (Å²) >= 11 is 0. The number of nitrogens with zero attached hydrogens (tertiary/aromatic N) is 2. The van der Waals surface area contributed by atoms with E-state index in [-0.39, 0.29) is 5.82 Å². The van der Waals surface area contributed by atoms with Crippen LogP contribution in [0.5, 0.6) is 0 Å². The molecule has 0 amide bonds. The smallest absolute Gasteiger partial charge is 0.123 e. The molecule has 0 unspecified atom stereocenters. The average Bonchev–Trinajstić information content (AvgIpc) is 2.20. The first kappa shape index (κ1) is 8.71. The molecule has 0 spiro atoms. The van der Waals surface area contributed by atoms with Gasteiger partial charge in [-0.1, -0.05) is 0 Å². The molecule has 1 aliphatic rings. The standard InChI is InChI=1S/C9H9FN4/c10-8-3-1-7(2-4-8)9-5-6-12-13-14(9)11/h1-6,13H,11H2. The summed E-state index contributed by atoms with van der Waals surface area (Å²) in [6, 6.07) is 6.08. The molecular weight excluding hydrogens is 183 g/mol. The van der Waals surface area contributed by atoms with Gasteiger partial charge in [0, 0.05) is 5.56 Å². The summed E-state index contributed by atoms with van der Waals surface area (Å²) in [5.41, 5.74) is 4.13. The van der Waals surface area contributed by atoms with Crippen LogP contribution in [0.4, 0.5) is 4.39 Å². The molecule has 1 aromatic carbocycles. The molecule has 1 aliphatic heterocycles. The van der Waals surface area contributed by atoms with E-state index >= 15 is 0 Å². The second-order valence-electron chi connectivity index (χ2n) is 2.81. The molecular formula is C9H9FN4. The van der Waals surface area contributed by atoms with Crippen LogP contribution in [0.1, 0.15) is 5.56 Å². The highest BCUT2D eigenvalue weighted by Crippen LogP contribution is 2.16. The van der Waals surface area contributed by atoms with Crippen molar-refractivity contribution >= 4 is 11.9 Å². The van der Waals surface area contributed by atoms with Crippen LogP contribution in [0, 0.1) is 5.82 Å². The molecule has 72 valence electrons. The van der Waals surface area contributed by atoms with Gasteiger partial charge in [0.1, 0.15) is 5.82 Å². The van der Waals surface area contributed by atoms with Gasteiger partial charge in [0.05, 0.1) is 11.9 Å². The van der Waals surface area contributed by atoms with E-state index in [0.717, 1.165) is 11.3 Å². The van der Waals surface area contributed by atoms with Crippen molar-refractivity contribution in [2.45, 2.75) is 0 Å². The Morgan fingerprint density at radius 3 is 2.64 bits per heavy atom. The first-order valence-electron chi connectivity index (χ1n) is 4.07. The zero-order chi connectivity index (χ0) is 9.97. The second-order valence-corrected chi connectivity index (χ2v) is 2.81. The molecule has 14 heavy (non-hydrogen) atoms. The maximum atomic E-state index is 12.6. The lowest BCUT2D eigenvalue weighted by atomic mass is 10.1. The first-order valence-corrected chi connectivity index (χ1v) is 4.07. The highest BCUT2D eigenvalue weighted by Gasteiger charge is 2.09. The predicted octanol–water partition coefficient (Wildman–Crippen LogP) is 0.846. The normalized spacial score (nSPS) is 15.0. The first-order chi connectivity index (χ1) is 6.77. The Bertz CT molecular complexity index is 382. The lowest BCUT2D eigenvalue weighted by molar-refractivity contribution is 0.304. The van der Waals surface area contributed by atoms with Crippen LogP contribution in [0.15, 0.2) is 35.4 Å². The van der Waals surface area contributed by atoms with Crippen LogP contribution >= 0.6 is 0 Å². The Kier molecular flexibility index (Phi) is 2.16. The summed E-state index contributed by atoms with van der Waals surface area (Å²) in [5.74, 6) is 5.33. The minimum Gasteiger partial charge on any atom is -0.227 e. The fourth-order valence-corrected chi connectivity index (χ4v) is 1.19. The lowest BCUT2D eigenvalue weighted by Gasteiger charge is -2.22. The molecule has 2 rings (SSSR count). The molecule has 4 nitrogen and oxygen atoms in total. The lowest BCUT2D eigenvalue weighted by Crippen LogP contribution is -2.40. The van der Waals surface area contributed by atoms with Crippen molar-refractivity contribution in [3.8, 4) is 0 Å². The number of nitrogens with one attached hydrogen (secondary N) is 1. The molecule has 0 radical (unpaired) electrons. The van der Waals surface area contributed by atoms with Crippen molar-refractivity contribution in [1.82, 2.24) is 10.7 Å². The van der Waals surface area contributed by atoms with Gasteiger partial charge in [-0.2, -0.15) is 5.10 Å². The van der Waals surface area contributed by atoms with Crippen molar-refractivity contribution < 1.29 is 4.39 Å². The molecule has 1 aromatic rings. The van der Waals surface area contributed by atoms with Gasteiger partial charge in [-0.25, -0.2) is 20.9 Å². The summed E-state index contributed by atoms with van der Waals surface area (Å²) in [6.45, 7) is 0. The fourth-order valence-electron chi connectivity index (χ4n) is 1.19. The fraction of sp³-hybridized carbons (Fsp3) is 0. The van der Waals surface area contributed by atoms with E-state index in [2.05, 4.69) is 10.6 Å². The van der Waals surface area contributed by atoms with Gasteiger partial charge in [-0.3, -0.25) is 0 Å². The molecule has 0 bridgehead atoms. The van der Waals surface area contributed by atoms with Gasteiger partial charge >= 0.3 is 0 Å². The summed E-state index contributed by atoms with van der Waals surface area (Å²) < 4.78 is 12.6. The monoisotopic (exact) mass is 192 g/mol. The van der Waals surface area contributed by atoms with Gasteiger partial charge < -0.3 is 0 Å². The van der Waals surface area contributed by atoms with E-state index in [1.807, 2.05) is 0 Å². The second kappa shape index (κ2) is 3.47. The molecule has 0 saturated heterocycles. The van der Waals surface area contributed by atoms with Crippen LogP contribution in [0.3, 0.4) is 0 Å². The Balaban J connectivity index is 2.34. The van der Waals surface area contributed by atoms with Crippen molar-refractivity contribution in [2.24, 2.45) is 10.9 Å². The quantitative estimate of drug-likeness (QED) is 0.648. The predicted molar refractivity (Wildman–Crippen MR) is 52.0 cm³/mol. The van der Waals surface area contributed by atoms with Gasteiger partial charge in [0.25, 0.3) is 0 Å². The molecule has 0 atom stereocenters. The minimum absolute atomic E-state index is 0.268. The molecule has 0 saturated carbocycles. The summed E-state index contributed by atoms with van der Waals surface area (Å²) in [5, 5.41) is 5.00. The van der Waals surface area contributed by atoms with E-state index in [1.54, 1.807) is 24.4 Å². The Labute approximate surface area is 80.5 Å². The maximum absolute atomic E-state index is 12.6. The van der Waals surface area contributed by atoms with Crippen LogP contribution in [0.2, 0.25) is 0 Å². The third-order valence-electron chi connectivity index (χ3n) is 1.87. The average molecular weight is 192 g/mol. The number of halogens is 1. The SMILES string of the molecule is NN1NN=CC=C1c1ccc(F)cc1. The third-order valence-corrected chi connectivity index (χ3v) is 1.87. The van der Waals surface area contributed by atoms with Gasteiger partial charge in [-0.15, -0.1) is 0 Å². The van der Waals surface area contributed by atoms with E-state index < -0.39 is 0 Å². The number of hydrazine groups is 2. The Morgan fingerprint density at radius 2 is 2.00 bits per heavy atom. The van der Waals surface area contributed by atoms with E-state index in [9.17, 15) is 4.39 Å². The van der Waals surface area contributed by atoms with Crippen LogP contribution in [0.25, 0.3) is 5.70 Å². The highest BCUT2D eigenvalue weighted by atomic mass is 19.1. The number of hydrogen-bond acceptors (Lipinski definition) is 4. The largest absolute Gasteiger partial charge is 0.227 e. The molecule has 3 N–H and O–H groups in total. The number of allylic oxidation sites excluding steroid dienone is 1. The number of hydrogen-bond donors (Lipinski definition) is 2. The van der Waals surface area contributed by atoms with E-state index in [1.165, 1.54) is 17.3 Å². The van der Waals surface area contributed by atoms with Crippen LogP contribution < -0.4 is 11.4 Å². The van der Waals surface area contributed by atoms with Crippen LogP contribution in [-0.4, -0.2) is 11.3 Å². The van der Waals surface area contributed by atoms with Crippen molar-refractivity contribution in [1.29, 1.82) is 0 Å². The Morgan fingerprint density at radius 1 is 1.29 bits per heavy atom. The number of nitrogens with two attached hydrogens (primary N) is 1. The van der Waals surface area contributed by atoms with E-state index in [4.69, 9.17) is 5.84 Å². The van der Waals surface area contributed by atoms with Crippen LogP contribution in [-0.2, 0) is 0 Å². The number of hydrazone groups is 1. The zero-order valence-corrected chi connectivity index (χ0v) is 7.31. The number of rotatable bonds is 1. The van der Waals surface area contributed by atoms with Crippen molar-refractivity contribution in [3.05, 3.63) is 41.7 Å². The van der Waals surface area contributed by atoms with Gasteiger partial charge in [-0.05, 0) is 30.3 Å². The summed E-state index contributed by atoms with van der Waals surface area (Å²) in [7, 11) is 0. The maximum Gasteiger partial charge on any atom is 0.123 e. The van der Waals surface area contributed by atoms with Gasteiger partial charge in [0.2, 0.25) is 0 Å². The molecule has 0 fully saturated rings. The minimum atomic E-state index is -0.268. The van der Waals surface area contributed by atoms with Crippen molar-refractivity contribution in [2.75, 3.05) is 0 Å². The zero-order valence-electron chi connectivity index (χ0n) is 7.31. The molecule has 5 heteroatoms. The molecule has 0 aromatic heterocycles. The summed E-state index contributed by atoms with van der Waals surface area (Å²) in [6.07, 6.45) is 3.33. The van der Waals surface area contributed by atoms with E-state index in [0.29, 0.717) is 0 Å². The van der Waals surface area contributed by atoms with Crippen molar-refractivity contribution in [3.63, 3.8) is 0 Å². The highest BCUT2D eigenvalue weighted by molar-refractivity contribution is 5.84. The van der Waals surface area contributed by atoms with Gasteiger partial charge in [0.15, 0.2) is 0 Å². The molecule has 1 heterocycles. The summed E-state index contributed by atoms with van der Waals surface area (Å²) in [4.78, 5) is 0. The third kappa shape index (κ3) is 1.57. The Hall–Kier alpha value is -1.88. The number of benzene rings is 1. The topological polar surface area (TPSA) is 53.6 Å².